The maximum absolute atomic E-state index is 11.9. The Labute approximate surface area is 134 Å². The number of carbonyl (C=O) groups is 1. The van der Waals surface area contributed by atoms with Gasteiger partial charge in [-0.3, -0.25) is 4.79 Å². The molecule has 1 atom stereocenters. The SMILES string of the molecule is COC(=O)C1(C)CCN(c2nn3cc(C(C)(C)C)nc3s2)C1. The Morgan fingerprint density at radius 3 is 2.77 bits per heavy atom. The van der Waals surface area contributed by atoms with E-state index in [-0.39, 0.29) is 11.4 Å². The van der Waals surface area contributed by atoms with Crippen molar-refractivity contribution in [3.05, 3.63) is 11.9 Å². The van der Waals surface area contributed by atoms with Gasteiger partial charge in [0.15, 0.2) is 0 Å². The Morgan fingerprint density at radius 1 is 1.45 bits per heavy atom. The molecule has 0 aromatic carbocycles. The highest BCUT2D eigenvalue weighted by molar-refractivity contribution is 7.20. The molecule has 0 radical (unpaired) electrons. The van der Waals surface area contributed by atoms with Crippen LogP contribution in [0, 0.1) is 5.41 Å². The van der Waals surface area contributed by atoms with Crippen molar-refractivity contribution >= 4 is 27.4 Å². The molecule has 0 aliphatic carbocycles. The molecule has 7 heteroatoms. The Hall–Kier alpha value is -1.63. The van der Waals surface area contributed by atoms with E-state index in [1.54, 1.807) is 11.3 Å². The number of hydrogen-bond acceptors (Lipinski definition) is 6. The number of rotatable bonds is 2. The lowest BCUT2D eigenvalue weighted by Crippen LogP contribution is -2.32. The fraction of sp³-hybridized carbons (Fsp3) is 0.667. The summed E-state index contributed by atoms with van der Waals surface area (Å²) in [4.78, 5) is 19.6. The highest BCUT2D eigenvalue weighted by Crippen LogP contribution is 2.36. The summed E-state index contributed by atoms with van der Waals surface area (Å²) < 4.78 is 6.76. The summed E-state index contributed by atoms with van der Waals surface area (Å²) in [5, 5.41) is 5.54. The molecule has 3 heterocycles. The van der Waals surface area contributed by atoms with Crippen molar-refractivity contribution in [2.45, 2.75) is 39.5 Å². The molecular formula is C15H22N4O2S. The maximum atomic E-state index is 11.9. The van der Waals surface area contributed by atoms with Crippen LogP contribution in [0.4, 0.5) is 5.13 Å². The van der Waals surface area contributed by atoms with Gasteiger partial charge in [-0.25, -0.2) is 9.50 Å². The average Bonchev–Trinajstić information content (AvgIpc) is 3.08. The normalized spacial score (nSPS) is 22.5. The number of hydrogen-bond donors (Lipinski definition) is 0. The van der Waals surface area contributed by atoms with Gasteiger partial charge in [-0.1, -0.05) is 32.1 Å². The predicted octanol–water partition coefficient (Wildman–Crippen LogP) is 2.48. The Morgan fingerprint density at radius 2 is 2.18 bits per heavy atom. The Kier molecular flexibility index (Phi) is 3.43. The molecule has 22 heavy (non-hydrogen) atoms. The van der Waals surface area contributed by atoms with Crippen LogP contribution >= 0.6 is 11.3 Å². The van der Waals surface area contributed by atoms with Crippen LogP contribution in [0.3, 0.4) is 0 Å². The fourth-order valence-corrected chi connectivity index (χ4v) is 3.62. The molecule has 0 saturated carbocycles. The lowest BCUT2D eigenvalue weighted by Gasteiger charge is -2.21. The zero-order valence-corrected chi connectivity index (χ0v) is 14.5. The van der Waals surface area contributed by atoms with Gasteiger partial charge in [0, 0.05) is 18.5 Å². The van der Waals surface area contributed by atoms with Gasteiger partial charge in [-0.05, 0) is 13.3 Å². The highest BCUT2D eigenvalue weighted by atomic mass is 32.1. The first-order chi connectivity index (χ1) is 10.2. The lowest BCUT2D eigenvalue weighted by atomic mass is 9.90. The molecule has 0 amide bonds. The molecule has 3 rings (SSSR count). The molecule has 0 bridgehead atoms. The van der Waals surface area contributed by atoms with Crippen molar-refractivity contribution in [1.82, 2.24) is 14.6 Å². The van der Waals surface area contributed by atoms with Gasteiger partial charge in [0.2, 0.25) is 10.1 Å². The van der Waals surface area contributed by atoms with Crippen LogP contribution in [0.5, 0.6) is 0 Å². The van der Waals surface area contributed by atoms with Gasteiger partial charge in [-0.2, -0.15) is 0 Å². The number of ether oxygens (including phenoxy) is 1. The zero-order valence-electron chi connectivity index (χ0n) is 13.7. The Balaban J connectivity index is 1.83. The van der Waals surface area contributed by atoms with Gasteiger partial charge in [-0.15, -0.1) is 5.10 Å². The van der Waals surface area contributed by atoms with Crippen LogP contribution in [0.1, 0.15) is 39.8 Å². The van der Waals surface area contributed by atoms with E-state index in [0.29, 0.717) is 6.54 Å². The van der Waals surface area contributed by atoms with E-state index >= 15 is 0 Å². The molecule has 120 valence electrons. The van der Waals surface area contributed by atoms with E-state index in [1.165, 1.54) is 7.11 Å². The zero-order chi connectivity index (χ0) is 16.1. The second-order valence-corrected chi connectivity index (χ2v) is 8.15. The van der Waals surface area contributed by atoms with Gasteiger partial charge in [0.25, 0.3) is 0 Å². The minimum atomic E-state index is -0.445. The smallest absolute Gasteiger partial charge is 0.313 e. The van der Waals surface area contributed by atoms with Crippen molar-refractivity contribution in [2.24, 2.45) is 5.41 Å². The molecule has 1 saturated heterocycles. The first kappa shape index (κ1) is 15.3. The summed E-state index contributed by atoms with van der Waals surface area (Å²) in [6.45, 7) is 9.83. The second kappa shape index (κ2) is 4.94. The molecule has 0 spiro atoms. The number of esters is 1. The van der Waals surface area contributed by atoms with Crippen LogP contribution in [0.25, 0.3) is 4.96 Å². The summed E-state index contributed by atoms with van der Waals surface area (Å²) >= 11 is 1.57. The van der Waals surface area contributed by atoms with E-state index in [4.69, 9.17) is 4.74 Å². The summed E-state index contributed by atoms with van der Waals surface area (Å²) in [7, 11) is 1.45. The number of methoxy groups -OCH3 is 1. The van der Waals surface area contributed by atoms with Crippen LogP contribution < -0.4 is 4.90 Å². The summed E-state index contributed by atoms with van der Waals surface area (Å²) in [5.74, 6) is -0.147. The monoisotopic (exact) mass is 322 g/mol. The Bertz CT molecular complexity index is 683. The first-order valence-corrected chi connectivity index (χ1v) is 8.25. The average molecular weight is 322 g/mol. The van der Waals surface area contributed by atoms with Crippen molar-refractivity contribution < 1.29 is 9.53 Å². The van der Waals surface area contributed by atoms with E-state index in [2.05, 4.69) is 35.8 Å². The van der Waals surface area contributed by atoms with Crippen molar-refractivity contribution in [3.8, 4) is 0 Å². The minimum absolute atomic E-state index is 0.0185. The van der Waals surface area contributed by atoms with Gasteiger partial charge < -0.3 is 9.64 Å². The number of nitrogens with zero attached hydrogens (tertiary/aromatic N) is 4. The fourth-order valence-electron chi connectivity index (χ4n) is 2.72. The second-order valence-electron chi connectivity index (χ2n) is 7.21. The van der Waals surface area contributed by atoms with Crippen LogP contribution in [-0.2, 0) is 14.9 Å². The number of imidazole rings is 1. The number of fused-ring (bicyclic) bond motifs is 1. The quantitative estimate of drug-likeness (QED) is 0.795. The summed E-state index contributed by atoms with van der Waals surface area (Å²) in [5.41, 5.74) is 0.614. The van der Waals surface area contributed by atoms with Crippen molar-refractivity contribution in [3.63, 3.8) is 0 Å². The van der Waals surface area contributed by atoms with Gasteiger partial charge in [0.05, 0.1) is 24.4 Å². The standard InChI is InChI=1S/C15H22N4O2S/c1-14(2,3)10-8-19-12(16-10)22-13(17-19)18-7-6-15(4,9-18)11(20)21-5/h8H,6-7,9H2,1-5H3. The molecular weight excluding hydrogens is 300 g/mol. The number of anilines is 1. The third-order valence-corrected chi connectivity index (χ3v) is 5.21. The molecule has 0 N–H and O–H groups in total. The highest BCUT2D eigenvalue weighted by Gasteiger charge is 2.42. The van der Waals surface area contributed by atoms with Crippen molar-refractivity contribution in [1.29, 1.82) is 0 Å². The molecule has 6 nitrogen and oxygen atoms in total. The minimum Gasteiger partial charge on any atom is -0.469 e. The largest absolute Gasteiger partial charge is 0.469 e. The molecule has 1 unspecified atom stereocenters. The first-order valence-electron chi connectivity index (χ1n) is 7.43. The lowest BCUT2D eigenvalue weighted by molar-refractivity contribution is -0.150. The third kappa shape index (κ3) is 2.47. The molecule has 1 fully saturated rings. The summed E-state index contributed by atoms with van der Waals surface area (Å²) in [6, 6.07) is 0. The number of carbonyl (C=O) groups excluding carboxylic acids is 1. The van der Waals surface area contributed by atoms with Crippen LogP contribution in [0.15, 0.2) is 6.20 Å². The van der Waals surface area contributed by atoms with E-state index in [1.807, 2.05) is 17.6 Å². The predicted molar refractivity (Wildman–Crippen MR) is 86.5 cm³/mol. The van der Waals surface area contributed by atoms with Crippen LogP contribution in [0.2, 0.25) is 0 Å². The van der Waals surface area contributed by atoms with E-state index < -0.39 is 5.41 Å². The van der Waals surface area contributed by atoms with E-state index in [0.717, 1.165) is 28.8 Å². The molecule has 1 aliphatic rings. The van der Waals surface area contributed by atoms with E-state index in [9.17, 15) is 4.79 Å². The van der Waals surface area contributed by atoms with Crippen molar-refractivity contribution in [2.75, 3.05) is 25.1 Å². The molecule has 2 aromatic heterocycles. The third-order valence-electron chi connectivity index (χ3n) is 4.22. The topological polar surface area (TPSA) is 59.7 Å². The molecule has 1 aliphatic heterocycles. The van der Waals surface area contributed by atoms with Gasteiger partial charge in [0.1, 0.15) is 0 Å². The number of aromatic nitrogens is 3. The summed E-state index contributed by atoms with van der Waals surface area (Å²) in [6.07, 6.45) is 2.78. The van der Waals surface area contributed by atoms with Crippen LogP contribution in [-0.4, -0.2) is 40.8 Å². The molecule has 2 aromatic rings. The maximum Gasteiger partial charge on any atom is 0.313 e. The van der Waals surface area contributed by atoms with Gasteiger partial charge >= 0.3 is 5.97 Å².